The van der Waals surface area contributed by atoms with Crippen molar-refractivity contribution in [2.24, 2.45) is 10.8 Å². The minimum atomic E-state index is 0.475. The first-order valence-corrected chi connectivity index (χ1v) is 5.89. The van der Waals surface area contributed by atoms with E-state index in [1.807, 2.05) is 0 Å². The quantitative estimate of drug-likeness (QED) is 0.629. The average molecular weight is 199 g/mol. The van der Waals surface area contributed by atoms with Gasteiger partial charge in [0.25, 0.3) is 0 Å². The molecule has 1 heteroatoms. The van der Waals surface area contributed by atoms with Crippen LogP contribution in [0.5, 0.6) is 0 Å². The van der Waals surface area contributed by atoms with Gasteiger partial charge in [0, 0.05) is 6.54 Å². The van der Waals surface area contributed by atoms with Crippen LogP contribution < -0.4 is 0 Å². The van der Waals surface area contributed by atoms with E-state index in [1.165, 1.54) is 25.8 Å². The zero-order chi connectivity index (χ0) is 11.4. The summed E-state index contributed by atoms with van der Waals surface area (Å²) in [6, 6.07) is 0. The molecule has 0 N–H and O–H groups in total. The Balaban J connectivity index is 4.39. The Kier molecular flexibility index (Phi) is 5.14. The smallest absolute Gasteiger partial charge is 0.00293 e. The molecular formula is C13H29N. The molecule has 1 unspecified atom stereocenters. The lowest BCUT2D eigenvalue weighted by Crippen LogP contribution is -2.34. The van der Waals surface area contributed by atoms with E-state index in [0.717, 1.165) is 0 Å². The number of rotatable bonds is 6. The monoisotopic (exact) mass is 199 g/mol. The topological polar surface area (TPSA) is 3.24 Å². The lowest BCUT2D eigenvalue weighted by molar-refractivity contribution is 0.125. The highest BCUT2D eigenvalue weighted by atomic mass is 15.1. The van der Waals surface area contributed by atoms with Gasteiger partial charge < -0.3 is 4.90 Å². The summed E-state index contributed by atoms with van der Waals surface area (Å²) in [6.07, 6.45) is 3.87. The third-order valence-corrected chi connectivity index (χ3v) is 3.41. The van der Waals surface area contributed by atoms with Crippen molar-refractivity contribution < 1.29 is 0 Å². The van der Waals surface area contributed by atoms with E-state index in [2.05, 4.69) is 53.6 Å². The maximum absolute atomic E-state index is 2.42. The summed E-state index contributed by atoms with van der Waals surface area (Å²) >= 11 is 0. The van der Waals surface area contributed by atoms with Gasteiger partial charge >= 0.3 is 0 Å². The zero-order valence-corrected chi connectivity index (χ0v) is 11.3. The molecule has 0 bridgehead atoms. The molecule has 0 amide bonds. The predicted octanol–water partition coefficient (Wildman–Crippen LogP) is 3.79. The fourth-order valence-electron chi connectivity index (χ4n) is 2.34. The van der Waals surface area contributed by atoms with Gasteiger partial charge in [-0.1, -0.05) is 41.0 Å². The van der Waals surface area contributed by atoms with Gasteiger partial charge in [-0.05, 0) is 37.8 Å². The number of hydrogen-bond donors (Lipinski definition) is 0. The van der Waals surface area contributed by atoms with Crippen LogP contribution in [-0.4, -0.2) is 25.5 Å². The zero-order valence-electron chi connectivity index (χ0n) is 11.3. The van der Waals surface area contributed by atoms with Crippen molar-refractivity contribution in [3.05, 3.63) is 0 Å². The van der Waals surface area contributed by atoms with Crippen LogP contribution in [0.1, 0.15) is 53.9 Å². The van der Waals surface area contributed by atoms with E-state index in [4.69, 9.17) is 0 Å². The van der Waals surface area contributed by atoms with E-state index in [-0.39, 0.29) is 0 Å². The molecule has 1 atom stereocenters. The summed E-state index contributed by atoms with van der Waals surface area (Å²) < 4.78 is 0. The fourth-order valence-corrected chi connectivity index (χ4v) is 2.34. The van der Waals surface area contributed by atoms with Gasteiger partial charge in [-0.2, -0.15) is 0 Å². The molecule has 0 heterocycles. The molecule has 0 aromatic heterocycles. The molecule has 0 aliphatic rings. The summed E-state index contributed by atoms with van der Waals surface area (Å²) in [4.78, 5) is 2.31. The Labute approximate surface area is 90.9 Å². The second kappa shape index (κ2) is 5.16. The van der Waals surface area contributed by atoms with Crippen LogP contribution >= 0.6 is 0 Å². The summed E-state index contributed by atoms with van der Waals surface area (Å²) in [6.45, 7) is 13.0. The molecule has 0 rings (SSSR count). The second-order valence-corrected chi connectivity index (χ2v) is 6.10. The minimum Gasteiger partial charge on any atom is -0.309 e. The molecule has 0 saturated heterocycles. The van der Waals surface area contributed by atoms with E-state index in [9.17, 15) is 0 Å². The van der Waals surface area contributed by atoms with Crippen LogP contribution in [0, 0.1) is 10.8 Å². The van der Waals surface area contributed by atoms with Gasteiger partial charge in [0.2, 0.25) is 0 Å². The van der Waals surface area contributed by atoms with Crippen LogP contribution in [0.15, 0.2) is 0 Å². The maximum atomic E-state index is 2.42. The Hall–Kier alpha value is -0.0400. The first-order valence-electron chi connectivity index (χ1n) is 5.89. The largest absolute Gasteiger partial charge is 0.309 e. The third kappa shape index (κ3) is 4.99. The molecule has 14 heavy (non-hydrogen) atoms. The van der Waals surface area contributed by atoms with Gasteiger partial charge in [0.05, 0.1) is 0 Å². The summed E-state index contributed by atoms with van der Waals surface area (Å²) in [5.74, 6) is 0. The summed E-state index contributed by atoms with van der Waals surface area (Å²) in [5.41, 5.74) is 0.962. The van der Waals surface area contributed by atoms with Crippen LogP contribution in [-0.2, 0) is 0 Å². The van der Waals surface area contributed by atoms with Crippen LogP contribution in [0.2, 0.25) is 0 Å². The van der Waals surface area contributed by atoms with Crippen LogP contribution in [0.25, 0.3) is 0 Å². The molecule has 0 radical (unpaired) electrons. The third-order valence-electron chi connectivity index (χ3n) is 3.41. The first-order chi connectivity index (χ1) is 6.24. The SMILES string of the molecule is CCC(C)(C)CC(C)(CC)CN(C)C. The maximum Gasteiger partial charge on any atom is 0.00293 e. The van der Waals surface area contributed by atoms with E-state index < -0.39 is 0 Å². The van der Waals surface area contributed by atoms with Crippen molar-refractivity contribution >= 4 is 0 Å². The van der Waals surface area contributed by atoms with Crippen molar-refractivity contribution in [1.82, 2.24) is 4.90 Å². The van der Waals surface area contributed by atoms with Crippen LogP contribution in [0.4, 0.5) is 0 Å². The highest BCUT2D eigenvalue weighted by Gasteiger charge is 2.30. The van der Waals surface area contributed by atoms with Gasteiger partial charge in [-0.3, -0.25) is 0 Å². The molecule has 0 spiro atoms. The highest BCUT2D eigenvalue weighted by Crippen LogP contribution is 2.38. The lowest BCUT2D eigenvalue weighted by Gasteiger charge is -2.38. The normalized spacial score (nSPS) is 17.1. The van der Waals surface area contributed by atoms with Gasteiger partial charge in [-0.15, -0.1) is 0 Å². The van der Waals surface area contributed by atoms with E-state index in [0.29, 0.717) is 10.8 Å². The molecule has 0 aliphatic carbocycles. The van der Waals surface area contributed by atoms with Crippen molar-refractivity contribution in [1.29, 1.82) is 0 Å². The minimum absolute atomic E-state index is 0.475. The average Bonchev–Trinajstić information content (AvgIpc) is 2.02. The first kappa shape index (κ1) is 14.0. The summed E-state index contributed by atoms with van der Waals surface area (Å²) in [5, 5.41) is 0. The molecule has 1 nitrogen and oxygen atoms in total. The highest BCUT2D eigenvalue weighted by molar-refractivity contribution is 4.82. The number of hydrogen-bond acceptors (Lipinski definition) is 1. The molecule has 0 fully saturated rings. The van der Waals surface area contributed by atoms with Gasteiger partial charge in [0.15, 0.2) is 0 Å². The second-order valence-electron chi connectivity index (χ2n) is 6.10. The van der Waals surface area contributed by atoms with Gasteiger partial charge in [-0.25, -0.2) is 0 Å². The van der Waals surface area contributed by atoms with Crippen molar-refractivity contribution in [3.63, 3.8) is 0 Å². The van der Waals surface area contributed by atoms with Gasteiger partial charge in [0.1, 0.15) is 0 Å². The Bertz CT molecular complexity index is 161. The van der Waals surface area contributed by atoms with Crippen LogP contribution in [0.3, 0.4) is 0 Å². The molecule has 0 aromatic rings. The predicted molar refractivity (Wildman–Crippen MR) is 65.6 cm³/mol. The van der Waals surface area contributed by atoms with Crippen molar-refractivity contribution in [2.75, 3.05) is 20.6 Å². The molecular weight excluding hydrogens is 170 g/mol. The van der Waals surface area contributed by atoms with E-state index in [1.54, 1.807) is 0 Å². The summed E-state index contributed by atoms with van der Waals surface area (Å²) in [7, 11) is 4.35. The van der Waals surface area contributed by atoms with E-state index >= 15 is 0 Å². The lowest BCUT2D eigenvalue weighted by atomic mass is 9.71. The van der Waals surface area contributed by atoms with Crippen molar-refractivity contribution in [3.8, 4) is 0 Å². The Morgan fingerprint density at radius 2 is 1.43 bits per heavy atom. The molecule has 0 aliphatic heterocycles. The Morgan fingerprint density at radius 3 is 1.71 bits per heavy atom. The molecule has 0 aromatic carbocycles. The Morgan fingerprint density at radius 1 is 0.929 bits per heavy atom. The van der Waals surface area contributed by atoms with Crippen molar-refractivity contribution in [2.45, 2.75) is 53.9 Å². The number of nitrogens with zero attached hydrogens (tertiary/aromatic N) is 1. The molecule has 0 saturated carbocycles. The molecule has 86 valence electrons. The fraction of sp³-hybridized carbons (Fsp3) is 1.00. The standard InChI is InChI=1S/C13H29N/c1-8-12(3,4)10-13(5,9-2)11-14(6)7/h8-11H2,1-7H3.